The van der Waals surface area contributed by atoms with Gasteiger partial charge in [0.25, 0.3) is 0 Å². The van der Waals surface area contributed by atoms with Crippen LogP contribution in [0.4, 0.5) is 14.9 Å². The van der Waals surface area contributed by atoms with Crippen molar-refractivity contribution in [3.63, 3.8) is 0 Å². The van der Waals surface area contributed by atoms with E-state index in [0.29, 0.717) is 17.5 Å². The maximum atomic E-state index is 13.4. The molecule has 2 amide bonds. The van der Waals surface area contributed by atoms with E-state index < -0.39 is 5.82 Å². The molecule has 3 nitrogen and oxygen atoms in total. The maximum absolute atomic E-state index is 13.4. The molecule has 0 spiro atoms. The molecule has 1 aliphatic carbocycles. The van der Waals surface area contributed by atoms with Crippen LogP contribution < -0.4 is 5.32 Å². The molecule has 2 aromatic carbocycles. The second-order valence-corrected chi connectivity index (χ2v) is 9.96. The molecule has 0 radical (unpaired) electrons. The number of fused-ring (bicyclic) bond motifs is 2. The van der Waals surface area contributed by atoms with Crippen molar-refractivity contribution in [2.24, 2.45) is 11.8 Å². The van der Waals surface area contributed by atoms with E-state index in [9.17, 15) is 9.18 Å². The lowest BCUT2D eigenvalue weighted by Gasteiger charge is -2.30. The van der Waals surface area contributed by atoms with Gasteiger partial charge >= 0.3 is 6.03 Å². The average Bonchev–Trinajstić information content (AvgIpc) is 3.04. The van der Waals surface area contributed by atoms with E-state index in [0.717, 1.165) is 66.2 Å². The molecule has 7 heteroatoms. The molecule has 2 aromatic rings. The lowest BCUT2D eigenvalue weighted by atomic mass is 9.79. The number of hydrogen-bond donors (Lipinski definition) is 1. The average molecular weight is 484 g/mol. The zero-order valence-corrected chi connectivity index (χ0v) is 19.7. The summed E-state index contributed by atoms with van der Waals surface area (Å²) in [4.78, 5) is 14.8. The highest BCUT2D eigenvalue weighted by Gasteiger charge is 2.41. The molecule has 1 saturated carbocycles. The third-order valence-corrected chi connectivity index (χ3v) is 7.58. The third-order valence-electron chi connectivity index (χ3n) is 6.62. The molecule has 3 unspecified atom stereocenters. The number of halogens is 4. The summed E-state index contributed by atoms with van der Waals surface area (Å²) >= 11 is 18.8. The lowest BCUT2D eigenvalue weighted by molar-refractivity contribution is 0.196. The van der Waals surface area contributed by atoms with Gasteiger partial charge in [-0.3, -0.25) is 0 Å². The molecule has 0 aromatic heterocycles. The van der Waals surface area contributed by atoms with Gasteiger partial charge in [0.05, 0.1) is 5.02 Å². The molecule has 1 aliphatic heterocycles. The van der Waals surface area contributed by atoms with Gasteiger partial charge in [-0.25, -0.2) is 9.18 Å². The highest BCUT2D eigenvalue weighted by molar-refractivity contribution is 6.36. The molecule has 2 fully saturated rings. The van der Waals surface area contributed by atoms with Crippen LogP contribution in [0.5, 0.6) is 0 Å². The number of nitrogens with one attached hydrogen (secondary N) is 1. The standard InChI is InChI=1S/C24H26Cl3FN2O/c1-2-14-10-20(25)19(21(26)11-14)5-3-15-7-16-9-18(8-15)30(13-16)24(31)29-17-4-6-23(28)22(27)12-17/h4,6,10-12,15-16,18H,2-3,5,7-9,13H2,1H3,(H,29,31). The number of nitrogens with zero attached hydrogens (tertiary/aromatic N) is 1. The summed E-state index contributed by atoms with van der Waals surface area (Å²) in [5.74, 6) is 0.559. The highest BCUT2D eigenvalue weighted by Crippen LogP contribution is 2.41. The second kappa shape index (κ2) is 9.56. The largest absolute Gasteiger partial charge is 0.322 e. The van der Waals surface area contributed by atoms with E-state index in [2.05, 4.69) is 12.2 Å². The molecule has 2 bridgehead atoms. The number of carbonyl (C=O) groups excluding carboxylic acids is 1. The molecule has 1 saturated heterocycles. The summed E-state index contributed by atoms with van der Waals surface area (Å²) in [7, 11) is 0. The summed E-state index contributed by atoms with van der Waals surface area (Å²) in [5, 5.41) is 4.37. The summed E-state index contributed by atoms with van der Waals surface area (Å²) < 4.78 is 13.4. The molecule has 166 valence electrons. The molecule has 4 rings (SSSR count). The van der Waals surface area contributed by atoms with Crippen molar-refractivity contribution in [3.8, 4) is 0 Å². The Labute approximate surface area is 197 Å². The minimum absolute atomic E-state index is 0.00215. The van der Waals surface area contributed by atoms with Gasteiger partial charge in [-0.2, -0.15) is 0 Å². The van der Waals surface area contributed by atoms with Crippen LogP contribution in [0.3, 0.4) is 0 Å². The van der Waals surface area contributed by atoms with Crippen molar-refractivity contribution in [2.45, 2.75) is 51.5 Å². The summed E-state index contributed by atoms with van der Waals surface area (Å²) in [6.45, 7) is 2.85. The van der Waals surface area contributed by atoms with E-state index in [1.807, 2.05) is 17.0 Å². The van der Waals surface area contributed by atoms with Crippen LogP contribution in [0.1, 0.15) is 43.7 Å². The molecule has 31 heavy (non-hydrogen) atoms. The minimum atomic E-state index is -0.496. The zero-order chi connectivity index (χ0) is 22.1. The van der Waals surface area contributed by atoms with Crippen molar-refractivity contribution in [2.75, 3.05) is 11.9 Å². The van der Waals surface area contributed by atoms with Crippen LogP contribution in [0, 0.1) is 17.7 Å². The highest BCUT2D eigenvalue weighted by atomic mass is 35.5. The predicted octanol–water partition coefficient (Wildman–Crippen LogP) is 7.61. The van der Waals surface area contributed by atoms with Crippen LogP contribution in [0.25, 0.3) is 0 Å². The first-order valence-electron chi connectivity index (χ1n) is 10.8. The first-order valence-corrected chi connectivity index (χ1v) is 12.0. The number of carbonyl (C=O) groups is 1. The van der Waals surface area contributed by atoms with E-state index >= 15 is 0 Å². The summed E-state index contributed by atoms with van der Waals surface area (Å²) in [5.41, 5.74) is 2.69. The number of amides is 2. The first kappa shape index (κ1) is 22.7. The Kier molecular flexibility index (Phi) is 7.00. The quantitative estimate of drug-likeness (QED) is 0.466. The van der Waals surface area contributed by atoms with Gasteiger partial charge in [-0.15, -0.1) is 0 Å². The lowest BCUT2D eigenvalue weighted by Crippen LogP contribution is -2.39. The SMILES string of the molecule is CCc1cc(Cl)c(CCC2CC3CC(C2)N(C(=O)Nc2ccc(F)c(Cl)c2)C3)c(Cl)c1. The predicted molar refractivity (Wildman–Crippen MR) is 126 cm³/mol. The van der Waals surface area contributed by atoms with Crippen molar-refractivity contribution >= 4 is 46.5 Å². The van der Waals surface area contributed by atoms with E-state index in [1.54, 1.807) is 0 Å². The van der Waals surface area contributed by atoms with Crippen LogP contribution in [0.2, 0.25) is 15.1 Å². The Morgan fingerprint density at radius 3 is 2.52 bits per heavy atom. The normalized spacial score (nSPS) is 22.6. The Morgan fingerprint density at radius 2 is 1.84 bits per heavy atom. The molecule has 2 aliphatic rings. The number of anilines is 1. The number of aryl methyl sites for hydroxylation is 1. The van der Waals surface area contributed by atoms with Crippen molar-refractivity contribution in [1.29, 1.82) is 0 Å². The smallest absolute Gasteiger partial charge is 0.321 e. The fraction of sp³-hybridized carbons (Fsp3) is 0.458. The van der Waals surface area contributed by atoms with Gasteiger partial charge in [0.1, 0.15) is 5.82 Å². The molecular formula is C24H26Cl3FN2O. The van der Waals surface area contributed by atoms with E-state index in [1.165, 1.54) is 18.2 Å². The Bertz CT molecular complexity index is 960. The fourth-order valence-corrected chi connectivity index (χ4v) is 5.96. The van der Waals surface area contributed by atoms with Gasteiger partial charge in [0.15, 0.2) is 0 Å². The van der Waals surface area contributed by atoms with Crippen LogP contribution in [-0.2, 0) is 12.8 Å². The number of hydrogen-bond acceptors (Lipinski definition) is 1. The van der Waals surface area contributed by atoms with Crippen LogP contribution in [0.15, 0.2) is 30.3 Å². The topological polar surface area (TPSA) is 32.3 Å². The third kappa shape index (κ3) is 5.13. The monoisotopic (exact) mass is 482 g/mol. The first-order chi connectivity index (χ1) is 14.8. The van der Waals surface area contributed by atoms with Gasteiger partial charge in [0, 0.05) is 28.3 Å². The molecule has 1 N–H and O–H groups in total. The van der Waals surface area contributed by atoms with Crippen molar-refractivity contribution in [1.82, 2.24) is 4.90 Å². The molecule has 1 heterocycles. The van der Waals surface area contributed by atoms with Gasteiger partial charge in [-0.1, -0.05) is 41.7 Å². The Hall–Kier alpha value is -1.49. The Morgan fingerprint density at radius 1 is 1.10 bits per heavy atom. The molecular weight excluding hydrogens is 458 g/mol. The second-order valence-electron chi connectivity index (χ2n) is 8.73. The van der Waals surface area contributed by atoms with Crippen molar-refractivity contribution < 1.29 is 9.18 Å². The summed E-state index contributed by atoms with van der Waals surface area (Å²) in [6, 6.07) is 8.35. The zero-order valence-electron chi connectivity index (χ0n) is 17.4. The van der Waals surface area contributed by atoms with Crippen LogP contribution in [-0.4, -0.2) is 23.5 Å². The number of rotatable bonds is 5. The Balaban J connectivity index is 1.36. The van der Waals surface area contributed by atoms with Crippen molar-refractivity contribution in [3.05, 3.63) is 62.3 Å². The number of urea groups is 1. The van der Waals surface area contributed by atoms with E-state index in [4.69, 9.17) is 34.8 Å². The number of likely N-dealkylation sites (tertiary alicyclic amines) is 1. The van der Waals surface area contributed by atoms with E-state index in [-0.39, 0.29) is 17.1 Å². The minimum Gasteiger partial charge on any atom is -0.321 e. The maximum Gasteiger partial charge on any atom is 0.322 e. The van der Waals surface area contributed by atoms with Gasteiger partial charge in [0.2, 0.25) is 0 Å². The molecule has 3 atom stereocenters. The van der Waals surface area contributed by atoms with Gasteiger partial charge in [-0.05, 0) is 91.8 Å². The van der Waals surface area contributed by atoms with Gasteiger partial charge < -0.3 is 10.2 Å². The van der Waals surface area contributed by atoms with Crippen LogP contribution >= 0.6 is 34.8 Å². The number of benzene rings is 2. The fourth-order valence-electron chi connectivity index (χ4n) is 5.06. The summed E-state index contributed by atoms with van der Waals surface area (Å²) in [6.07, 6.45) is 5.92.